The number of aromatic nitrogens is 1. The van der Waals surface area contributed by atoms with Crippen LogP contribution in [0.3, 0.4) is 0 Å². The van der Waals surface area contributed by atoms with E-state index in [1.165, 1.54) is 19.3 Å². The van der Waals surface area contributed by atoms with Gasteiger partial charge in [0.1, 0.15) is 0 Å². The first-order valence-electron chi connectivity index (χ1n) is 4.62. The van der Waals surface area contributed by atoms with Crippen LogP contribution in [-0.2, 0) is 0 Å². The minimum atomic E-state index is 0.545. The van der Waals surface area contributed by atoms with Crippen LogP contribution in [-0.4, -0.2) is 16.9 Å². The van der Waals surface area contributed by atoms with Crippen molar-refractivity contribution in [2.45, 2.75) is 25.3 Å². The molecule has 0 bridgehead atoms. The molecule has 1 fully saturated rings. The van der Waals surface area contributed by atoms with E-state index in [1.54, 1.807) is 11.3 Å². The summed E-state index contributed by atoms with van der Waals surface area (Å²) in [6.45, 7) is 0. The molecule has 1 aromatic rings. The van der Waals surface area contributed by atoms with E-state index in [4.69, 9.17) is 11.6 Å². The van der Waals surface area contributed by atoms with Crippen molar-refractivity contribution in [1.82, 2.24) is 4.98 Å². The van der Waals surface area contributed by atoms with Gasteiger partial charge >= 0.3 is 0 Å². The van der Waals surface area contributed by atoms with Crippen LogP contribution in [0.15, 0.2) is 11.6 Å². The van der Waals surface area contributed by atoms with Gasteiger partial charge in [0.2, 0.25) is 0 Å². The fourth-order valence-corrected chi connectivity index (χ4v) is 2.83. The van der Waals surface area contributed by atoms with Crippen molar-refractivity contribution >= 4 is 28.1 Å². The molecule has 1 N–H and O–H groups in total. The smallest absolute Gasteiger partial charge is 0.182 e. The van der Waals surface area contributed by atoms with Crippen molar-refractivity contribution in [3.05, 3.63) is 11.6 Å². The zero-order chi connectivity index (χ0) is 9.10. The zero-order valence-electron chi connectivity index (χ0n) is 7.37. The van der Waals surface area contributed by atoms with E-state index in [-0.39, 0.29) is 0 Å². The summed E-state index contributed by atoms with van der Waals surface area (Å²) < 4.78 is 0. The Hall–Kier alpha value is -0.280. The molecule has 0 aromatic carbocycles. The normalized spacial score (nSPS) is 27.8. The highest BCUT2D eigenvalue weighted by Crippen LogP contribution is 2.29. The maximum Gasteiger partial charge on any atom is 0.182 e. The number of alkyl halides is 1. The number of halogens is 1. The third-order valence-corrected chi connectivity index (χ3v) is 3.70. The lowest BCUT2D eigenvalue weighted by molar-refractivity contribution is 0.562. The number of thiazole rings is 1. The standard InChI is InChI=1S/C9H13ClN2S/c10-6-7-2-1-3-8(7)12-9-11-4-5-13-9/h4-5,7-8H,1-3,6H2,(H,11,12). The third-order valence-electron chi connectivity index (χ3n) is 2.60. The minimum Gasteiger partial charge on any atom is -0.358 e. The third kappa shape index (κ3) is 2.15. The average Bonchev–Trinajstić information content (AvgIpc) is 2.76. The summed E-state index contributed by atoms with van der Waals surface area (Å²) >= 11 is 7.54. The van der Waals surface area contributed by atoms with E-state index in [2.05, 4.69) is 10.3 Å². The van der Waals surface area contributed by atoms with Crippen LogP contribution < -0.4 is 5.32 Å². The van der Waals surface area contributed by atoms with Crippen molar-refractivity contribution in [2.75, 3.05) is 11.2 Å². The van der Waals surface area contributed by atoms with Gasteiger partial charge in [-0.25, -0.2) is 4.98 Å². The van der Waals surface area contributed by atoms with Crippen LogP contribution in [0.2, 0.25) is 0 Å². The molecule has 2 atom stereocenters. The number of nitrogens with zero attached hydrogens (tertiary/aromatic N) is 1. The predicted molar refractivity (Wildman–Crippen MR) is 57.6 cm³/mol. The predicted octanol–water partition coefficient (Wildman–Crippen LogP) is 2.96. The quantitative estimate of drug-likeness (QED) is 0.786. The van der Waals surface area contributed by atoms with Crippen LogP contribution in [0.1, 0.15) is 19.3 Å². The highest BCUT2D eigenvalue weighted by Gasteiger charge is 2.26. The number of hydrogen-bond donors (Lipinski definition) is 1. The summed E-state index contributed by atoms with van der Waals surface area (Å²) in [6.07, 6.45) is 5.61. The first-order chi connectivity index (χ1) is 6.40. The van der Waals surface area contributed by atoms with Gasteiger partial charge in [-0.3, -0.25) is 0 Å². The van der Waals surface area contributed by atoms with Crippen molar-refractivity contribution in [2.24, 2.45) is 5.92 Å². The molecular weight excluding hydrogens is 204 g/mol. The summed E-state index contributed by atoms with van der Waals surface area (Å²) in [5, 5.41) is 6.47. The topological polar surface area (TPSA) is 24.9 Å². The average molecular weight is 217 g/mol. The fraction of sp³-hybridized carbons (Fsp3) is 0.667. The lowest BCUT2D eigenvalue weighted by atomic mass is 10.1. The second kappa shape index (κ2) is 4.29. The highest BCUT2D eigenvalue weighted by molar-refractivity contribution is 7.13. The van der Waals surface area contributed by atoms with E-state index in [1.807, 2.05) is 11.6 Å². The molecule has 1 heterocycles. The molecule has 0 amide bonds. The van der Waals surface area contributed by atoms with Gasteiger partial charge in [-0.1, -0.05) is 6.42 Å². The van der Waals surface area contributed by atoms with Crippen molar-refractivity contribution in [3.63, 3.8) is 0 Å². The van der Waals surface area contributed by atoms with E-state index in [0.717, 1.165) is 11.0 Å². The molecule has 1 saturated carbocycles. The number of hydrogen-bond acceptors (Lipinski definition) is 3. The lowest BCUT2D eigenvalue weighted by Crippen LogP contribution is -2.24. The maximum absolute atomic E-state index is 5.89. The monoisotopic (exact) mass is 216 g/mol. The van der Waals surface area contributed by atoms with E-state index in [9.17, 15) is 0 Å². The van der Waals surface area contributed by atoms with Crippen LogP contribution in [0.25, 0.3) is 0 Å². The molecule has 1 aliphatic carbocycles. The van der Waals surface area contributed by atoms with Gasteiger partial charge in [0.25, 0.3) is 0 Å². The molecule has 2 rings (SSSR count). The number of nitrogens with one attached hydrogen (secondary N) is 1. The SMILES string of the molecule is ClCC1CCCC1Nc1nccs1. The Morgan fingerprint density at radius 3 is 3.23 bits per heavy atom. The summed E-state index contributed by atoms with van der Waals surface area (Å²) in [5.74, 6) is 1.40. The van der Waals surface area contributed by atoms with Gasteiger partial charge in [0, 0.05) is 23.5 Å². The second-order valence-corrected chi connectivity index (χ2v) is 4.64. The second-order valence-electron chi connectivity index (χ2n) is 3.43. The Morgan fingerprint density at radius 1 is 1.62 bits per heavy atom. The van der Waals surface area contributed by atoms with Crippen LogP contribution in [0.5, 0.6) is 0 Å². The summed E-state index contributed by atoms with van der Waals surface area (Å²) in [7, 11) is 0. The van der Waals surface area contributed by atoms with Crippen molar-refractivity contribution in [3.8, 4) is 0 Å². The fourth-order valence-electron chi connectivity index (χ4n) is 1.86. The molecule has 0 spiro atoms. The van der Waals surface area contributed by atoms with Gasteiger partial charge in [-0.05, 0) is 18.8 Å². The Bertz CT molecular complexity index is 250. The van der Waals surface area contributed by atoms with Gasteiger partial charge in [-0.2, -0.15) is 0 Å². The first-order valence-corrected chi connectivity index (χ1v) is 6.03. The summed E-state index contributed by atoms with van der Waals surface area (Å²) in [6, 6.07) is 0.545. The molecule has 1 aromatic heterocycles. The van der Waals surface area contributed by atoms with Crippen molar-refractivity contribution < 1.29 is 0 Å². The van der Waals surface area contributed by atoms with Crippen LogP contribution >= 0.6 is 22.9 Å². The van der Waals surface area contributed by atoms with E-state index in [0.29, 0.717) is 12.0 Å². The largest absolute Gasteiger partial charge is 0.358 e. The summed E-state index contributed by atoms with van der Waals surface area (Å²) in [5.41, 5.74) is 0. The molecule has 13 heavy (non-hydrogen) atoms. The molecule has 72 valence electrons. The molecule has 0 saturated heterocycles. The Labute approximate surface area is 87.3 Å². The van der Waals surface area contributed by atoms with Gasteiger partial charge in [0.15, 0.2) is 5.13 Å². The van der Waals surface area contributed by atoms with E-state index < -0.39 is 0 Å². The number of rotatable bonds is 3. The van der Waals surface area contributed by atoms with E-state index >= 15 is 0 Å². The summed E-state index contributed by atoms with van der Waals surface area (Å²) in [4.78, 5) is 4.21. The molecule has 4 heteroatoms. The Morgan fingerprint density at radius 2 is 2.54 bits per heavy atom. The maximum atomic E-state index is 5.89. The first kappa shape index (κ1) is 9.28. The van der Waals surface area contributed by atoms with Crippen LogP contribution in [0, 0.1) is 5.92 Å². The lowest BCUT2D eigenvalue weighted by Gasteiger charge is -2.17. The zero-order valence-corrected chi connectivity index (χ0v) is 8.94. The highest BCUT2D eigenvalue weighted by atomic mass is 35.5. The number of anilines is 1. The molecule has 0 aliphatic heterocycles. The molecular formula is C9H13ClN2S. The van der Waals surface area contributed by atoms with Crippen LogP contribution in [0.4, 0.5) is 5.13 Å². The Balaban J connectivity index is 1.94. The van der Waals surface area contributed by atoms with Gasteiger partial charge in [-0.15, -0.1) is 22.9 Å². The van der Waals surface area contributed by atoms with Crippen molar-refractivity contribution in [1.29, 1.82) is 0 Å². The van der Waals surface area contributed by atoms with Gasteiger partial charge in [0.05, 0.1) is 0 Å². The molecule has 2 unspecified atom stereocenters. The van der Waals surface area contributed by atoms with Gasteiger partial charge < -0.3 is 5.32 Å². The molecule has 1 aliphatic rings. The molecule has 0 radical (unpaired) electrons. The Kier molecular flexibility index (Phi) is 3.06. The minimum absolute atomic E-state index is 0.545. The molecule has 2 nitrogen and oxygen atoms in total.